The summed E-state index contributed by atoms with van der Waals surface area (Å²) in [5.41, 5.74) is -1.42. The van der Waals surface area contributed by atoms with Crippen molar-refractivity contribution in [3.05, 3.63) is 27.0 Å². The van der Waals surface area contributed by atoms with Gasteiger partial charge in [0.1, 0.15) is 0 Å². The topological polar surface area (TPSA) is 90.2 Å². The van der Waals surface area contributed by atoms with Crippen molar-refractivity contribution in [1.29, 1.82) is 0 Å². The molecule has 1 aromatic heterocycles. The van der Waals surface area contributed by atoms with E-state index in [-0.39, 0.29) is 6.54 Å². The third kappa shape index (κ3) is 3.59. The molecule has 0 aliphatic heterocycles. The van der Waals surface area contributed by atoms with E-state index in [4.69, 9.17) is 6.42 Å². The average Bonchev–Trinajstić information content (AvgIpc) is 2.40. The predicted octanol–water partition coefficient (Wildman–Crippen LogP) is -0.834. The maximum absolute atomic E-state index is 12.0. The van der Waals surface area contributed by atoms with E-state index >= 15 is 0 Å². The molecule has 8 heteroatoms. The van der Waals surface area contributed by atoms with Crippen LogP contribution in [0.1, 0.15) is 19.3 Å². The third-order valence-corrected chi connectivity index (χ3v) is 4.19. The maximum atomic E-state index is 12.0. The molecule has 0 aromatic carbocycles. The fraction of sp³-hybridized carbons (Fsp3) is 0.500. The second-order valence-corrected chi connectivity index (χ2v) is 6.05. The van der Waals surface area contributed by atoms with E-state index in [1.807, 2.05) is 0 Å². The summed E-state index contributed by atoms with van der Waals surface area (Å²) < 4.78 is 28.2. The summed E-state index contributed by atoms with van der Waals surface area (Å²) in [6, 6.07) is 0. The van der Waals surface area contributed by atoms with Gasteiger partial charge in [0.25, 0.3) is 5.56 Å². The van der Waals surface area contributed by atoms with E-state index in [0.717, 1.165) is 15.3 Å². The Morgan fingerprint density at radius 3 is 2.55 bits per heavy atom. The van der Waals surface area contributed by atoms with Crippen LogP contribution in [-0.4, -0.2) is 24.1 Å². The zero-order valence-corrected chi connectivity index (χ0v) is 12.2. The first kappa shape index (κ1) is 16.2. The highest BCUT2D eigenvalue weighted by Gasteiger charge is 2.20. The molecule has 1 aromatic rings. The van der Waals surface area contributed by atoms with Crippen LogP contribution in [0.15, 0.2) is 20.7 Å². The summed E-state index contributed by atoms with van der Waals surface area (Å²) in [6.45, 7) is 0.190. The Bertz CT molecular complexity index is 737. The van der Waals surface area contributed by atoms with Crippen molar-refractivity contribution < 1.29 is 8.42 Å². The highest BCUT2D eigenvalue weighted by molar-refractivity contribution is 7.89. The van der Waals surface area contributed by atoms with Crippen molar-refractivity contribution in [3.8, 4) is 12.3 Å². The number of nitrogens with one attached hydrogen (secondary N) is 1. The number of unbranched alkanes of at least 4 members (excludes halogenated alkanes) is 2. The molecule has 20 heavy (non-hydrogen) atoms. The number of sulfonamides is 1. The fourth-order valence-corrected chi connectivity index (χ4v) is 2.83. The minimum Gasteiger partial charge on any atom is -0.302 e. The highest BCUT2D eigenvalue weighted by atomic mass is 32.2. The smallest absolute Gasteiger partial charge is 0.302 e. The third-order valence-electron chi connectivity index (χ3n) is 2.74. The van der Waals surface area contributed by atoms with Crippen molar-refractivity contribution in [2.45, 2.75) is 24.2 Å². The Hall–Kier alpha value is -1.85. The van der Waals surface area contributed by atoms with Crippen molar-refractivity contribution in [2.75, 3.05) is 6.54 Å². The fourth-order valence-electron chi connectivity index (χ4n) is 1.60. The van der Waals surface area contributed by atoms with E-state index in [1.54, 1.807) is 0 Å². The van der Waals surface area contributed by atoms with Gasteiger partial charge in [-0.25, -0.2) is 17.9 Å². The lowest BCUT2D eigenvalue weighted by Gasteiger charge is -2.08. The summed E-state index contributed by atoms with van der Waals surface area (Å²) in [4.78, 5) is 22.9. The number of hydrogen-bond acceptors (Lipinski definition) is 4. The van der Waals surface area contributed by atoms with Crippen molar-refractivity contribution in [2.24, 2.45) is 14.1 Å². The van der Waals surface area contributed by atoms with Gasteiger partial charge in [0.15, 0.2) is 4.90 Å². The molecule has 0 aliphatic rings. The molecule has 1 rings (SSSR count). The summed E-state index contributed by atoms with van der Waals surface area (Å²) in [5.74, 6) is 2.46. The molecule has 0 saturated heterocycles. The Balaban J connectivity index is 2.98. The Kier molecular flexibility index (Phi) is 5.30. The second kappa shape index (κ2) is 6.54. The van der Waals surface area contributed by atoms with E-state index in [0.29, 0.717) is 19.3 Å². The van der Waals surface area contributed by atoms with E-state index in [9.17, 15) is 18.0 Å². The first-order chi connectivity index (χ1) is 9.31. The largest absolute Gasteiger partial charge is 0.330 e. The summed E-state index contributed by atoms with van der Waals surface area (Å²) >= 11 is 0. The molecule has 110 valence electrons. The predicted molar refractivity (Wildman–Crippen MR) is 74.8 cm³/mol. The summed E-state index contributed by atoms with van der Waals surface area (Å²) in [6.07, 6.45) is 7.96. The van der Waals surface area contributed by atoms with Gasteiger partial charge >= 0.3 is 5.69 Å². The number of nitrogens with zero attached hydrogens (tertiary/aromatic N) is 2. The minimum atomic E-state index is -3.93. The van der Waals surface area contributed by atoms with Gasteiger partial charge in [-0.2, -0.15) is 0 Å². The molecular weight excluding hydrogens is 282 g/mol. The van der Waals surface area contributed by atoms with Gasteiger partial charge in [-0.3, -0.25) is 9.36 Å². The zero-order valence-electron chi connectivity index (χ0n) is 11.4. The lowest BCUT2D eigenvalue weighted by Crippen LogP contribution is -2.41. The van der Waals surface area contributed by atoms with Crippen LogP contribution in [0.3, 0.4) is 0 Å². The molecule has 0 unspecified atom stereocenters. The van der Waals surface area contributed by atoms with Gasteiger partial charge in [-0.15, -0.1) is 12.3 Å². The van der Waals surface area contributed by atoms with Crippen molar-refractivity contribution in [1.82, 2.24) is 13.9 Å². The molecule has 0 atom stereocenters. The molecule has 0 fully saturated rings. The molecule has 0 aliphatic carbocycles. The first-order valence-corrected chi connectivity index (χ1v) is 7.49. The standard InChI is InChI=1S/C12H17N3O4S/c1-4-5-6-7-8-13-20(18,19)10-9-14(2)12(17)15(3)11(10)16/h1,9,13H,5-8H2,2-3H3. The molecular formula is C12H17N3O4S. The molecule has 0 amide bonds. The van der Waals surface area contributed by atoms with Crippen LogP contribution in [0, 0.1) is 12.3 Å². The van der Waals surface area contributed by atoms with Crippen LogP contribution < -0.4 is 16.0 Å². The molecule has 7 nitrogen and oxygen atoms in total. The van der Waals surface area contributed by atoms with Crippen LogP contribution >= 0.6 is 0 Å². The summed E-state index contributed by atoms with van der Waals surface area (Å²) in [5, 5.41) is 0. The molecule has 0 radical (unpaired) electrons. The summed E-state index contributed by atoms with van der Waals surface area (Å²) in [7, 11) is -1.32. The van der Waals surface area contributed by atoms with E-state index < -0.39 is 26.2 Å². The lowest BCUT2D eigenvalue weighted by atomic mass is 10.2. The zero-order chi connectivity index (χ0) is 15.3. The molecule has 1 N–H and O–H groups in total. The second-order valence-electron chi connectivity index (χ2n) is 4.31. The molecule has 0 spiro atoms. The van der Waals surface area contributed by atoms with Crippen LogP contribution in [0.25, 0.3) is 0 Å². The normalized spacial score (nSPS) is 11.2. The average molecular weight is 299 g/mol. The van der Waals surface area contributed by atoms with Crippen LogP contribution in [-0.2, 0) is 24.1 Å². The van der Waals surface area contributed by atoms with E-state index in [2.05, 4.69) is 10.6 Å². The van der Waals surface area contributed by atoms with Gasteiger partial charge in [0.2, 0.25) is 10.0 Å². The highest BCUT2D eigenvalue weighted by Crippen LogP contribution is 2.01. The van der Waals surface area contributed by atoms with Gasteiger partial charge in [0, 0.05) is 33.3 Å². The number of terminal acetylenes is 1. The quantitative estimate of drug-likeness (QED) is 0.548. The number of aromatic nitrogens is 2. The Morgan fingerprint density at radius 1 is 1.30 bits per heavy atom. The monoisotopic (exact) mass is 299 g/mol. The van der Waals surface area contributed by atoms with Gasteiger partial charge in [0.05, 0.1) is 0 Å². The SMILES string of the molecule is C#CCCCCNS(=O)(=O)c1cn(C)c(=O)n(C)c1=O. The van der Waals surface area contributed by atoms with Crippen molar-refractivity contribution in [3.63, 3.8) is 0 Å². The maximum Gasteiger partial charge on any atom is 0.330 e. The number of hydrogen-bond donors (Lipinski definition) is 1. The molecule has 0 saturated carbocycles. The Labute approximate surface area is 117 Å². The minimum absolute atomic E-state index is 0.190. The molecule has 1 heterocycles. The van der Waals surface area contributed by atoms with E-state index in [1.165, 1.54) is 14.1 Å². The number of aryl methyl sites for hydroxylation is 1. The van der Waals surface area contributed by atoms with Crippen LogP contribution in [0.2, 0.25) is 0 Å². The van der Waals surface area contributed by atoms with Gasteiger partial charge in [-0.05, 0) is 12.8 Å². The van der Waals surface area contributed by atoms with Crippen LogP contribution in [0.4, 0.5) is 0 Å². The molecule has 0 bridgehead atoms. The van der Waals surface area contributed by atoms with Gasteiger partial charge < -0.3 is 4.57 Å². The van der Waals surface area contributed by atoms with Crippen LogP contribution in [0.5, 0.6) is 0 Å². The Morgan fingerprint density at radius 2 is 1.95 bits per heavy atom. The number of rotatable bonds is 6. The van der Waals surface area contributed by atoms with Gasteiger partial charge in [-0.1, -0.05) is 0 Å². The lowest BCUT2D eigenvalue weighted by molar-refractivity contribution is 0.567. The first-order valence-electron chi connectivity index (χ1n) is 6.01. The van der Waals surface area contributed by atoms with Crippen molar-refractivity contribution >= 4 is 10.0 Å².